The zero-order chi connectivity index (χ0) is 19.4. The molecule has 1 heterocycles. The van der Waals surface area contributed by atoms with Crippen LogP contribution in [0.3, 0.4) is 0 Å². The van der Waals surface area contributed by atoms with Crippen molar-refractivity contribution in [2.75, 3.05) is 39.0 Å². The van der Waals surface area contributed by atoms with E-state index < -0.39 is 0 Å². The van der Waals surface area contributed by atoms with E-state index in [-0.39, 0.29) is 11.8 Å². The maximum absolute atomic E-state index is 13.0. The van der Waals surface area contributed by atoms with E-state index in [0.29, 0.717) is 60.5 Å². The Kier molecular flexibility index (Phi) is 6.47. The number of ether oxygens (including phenoxy) is 1. The number of methoxy groups -OCH3 is 1. The van der Waals surface area contributed by atoms with Crippen molar-refractivity contribution < 1.29 is 14.3 Å². The average molecular weight is 394 g/mol. The standard InChI is InChI=1S/C20H28ClN3O3/c1-27-18-13-17(22)16(21)12-15(18)20(26)24-8-4-7-23(9-10-24)19(25)11-14-5-2-3-6-14/h12-14H,2-11,22H2,1H3. The van der Waals surface area contributed by atoms with Gasteiger partial charge in [0.2, 0.25) is 5.91 Å². The van der Waals surface area contributed by atoms with Gasteiger partial charge in [0.25, 0.3) is 5.91 Å². The Labute approximate surface area is 165 Å². The van der Waals surface area contributed by atoms with Crippen molar-refractivity contribution in [3.8, 4) is 5.75 Å². The summed E-state index contributed by atoms with van der Waals surface area (Å²) in [4.78, 5) is 29.3. The van der Waals surface area contributed by atoms with Crippen LogP contribution in [0.25, 0.3) is 0 Å². The normalized spacial score (nSPS) is 18.4. The number of hydrogen-bond donors (Lipinski definition) is 1. The third-order valence-corrected chi connectivity index (χ3v) is 5.95. The lowest BCUT2D eigenvalue weighted by atomic mass is 10.0. The molecular weight excluding hydrogens is 366 g/mol. The van der Waals surface area contributed by atoms with Crippen molar-refractivity contribution in [1.82, 2.24) is 9.80 Å². The summed E-state index contributed by atoms with van der Waals surface area (Å²) in [5.74, 6) is 1.04. The highest BCUT2D eigenvalue weighted by Crippen LogP contribution is 2.30. The van der Waals surface area contributed by atoms with Crippen LogP contribution in [0.5, 0.6) is 5.75 Å². The van der Waals surface area contributed by atoms with Crippen LogP contribution in [-0.4, -0.2) is 54.9 Å². The van der Waals surface area contributed by atoms with Crippen molar-refractivity contribution >= 4 is 29.1 Å². The largest absolute Gasteiger partial charge is 0.496 e. The summed E-state index contributed by atoms with van der Waals surface area (Å²) in [6.07, 6.45) is 6.24. The SMILES string of the molecule is COc1cc(N)c(Cl)cc1C(=O)N1CCCN(C(=O)CC2CCCC2)CC1. The van der Waals surface area contributed by atoms with Crippen LogP contribution in [0.1, 0.15) is 48.9 Å². The van der Waals surface area contributed by atoms with Gasteiger partial charge in [-0.2, -0.15) is 0 Å². The predicted octanol–water partition coefficient (Wildman–Crippen LogP) is 3.19. The third kappa shape index (κ3) is 4.67. The van der Waals surface area contributed by atoms with Gasteiger partial charge in [-0.3, -0.25) is 9.59 Å². The number of halogens is 1. The predicted molar refractivity (Wildman–Crippen MR) is 106 cm³/mol. The number of rotatable bonds is 4. The molecule has 1 aliphatic heterocycles. The molecule has 1 aromatic rings. The molecule has 0 bridgehead atoms. The van der Waals surface area contributed by atoms with Crippen molar-refractivity contribution in [2.45, 2.75) is 38.5 Å². The first-order chi connectivity index (χ1) is 13.0. The molecule has 0 aromatic heterocycles. The highest BCUT2D eigenvalue weighted by Gasteiger charge is 2.27. The van der Waals surface area contributed by atoms with Crippen LogP contribution in [-0.2, 0) is 4.79 Å². The van der Waals surface area contributed by atoms with Crippen LogP contribution in [0.15, 0.2) is 12.1 Å². The molecule has 148 valence electrons. The van der Waals surface area contributed by atoms with Crippen LogP contribution in [0, 0.1) is 5.92 Å². The Bertz CT molecular complexity index is 704. The van der Waals surface area contributed by atoms with Crippen molar-refractivity contribution in [3.63, 3.8) is 0 Å². The first-order valence-corrected chi connectivity index (χ1v) is 10.1. The monoisotopic (exact) mass is 393 g/mol. The first-order valence-electron chi connectivity index (χ1n) is 9.69. The number of hydrogen-bond acceptors (Lipinski definition) is 4. The van der Waals surface area contributed by atoms with Gasteiger partial charge in [-0.1, -0.05) is 24.4 Å². The molecule has 0 unspecified atom stereocenters. The summed E-state index contributed by atoms with van der Waals surface area (Å²) >= 11 is 6.10. The van der Waals surface area contributed by atoms with Crippen molar-refractivity contribution in [2.24, 2.45) is 5.92 Å². The average Bonchev–Trinajstić information content (AvgIpc) is 3.04. The van der Waals surface area contributed by atoms with Crippen molar-refractivity contribution in [3.05, 3.63) is 22.7 Å². The van der Waals surface area contributed by atoms with E-state index in [1.54, 1.807) is 17.0 Å². The number of nitrogens with zero attached hydrogens (tertiary/aromatic N) is 2. The minimum Gasteiger partial charge on any atom is -0.496 e. The second-order valence-electron chi connectivity index (χ2n) is 7.46. The molecule has 0 radical (unpaired) electrons. The van der Waals surface area contributed by atoms with Crippen LogP contribution >= 0.6 is 11.6 Å². The molecule has 2 amide bonds. The summed E-state index contributed by atoms with van der Waals surface area (Å²) in [5.41, 5.74) is 6.59. The number of anilines is 1. The molecule has 1 aromatic carbocycles. The van der Waals surface area contributed by atoms with Gasteiger partial charge in [-0.15, -0.1) is 0 Å². The number of nitrogen functional groups attached to an aromatic ring is 1. The number of carbonyl (C=O) groups is 2. The van der Waals surface area contributed by atoms with E-state index in [2.05, 4.69) is 0 Å². The second kappa shape index (κ2) is 8.83. The van der Waals surface area contributed by atoms with Gasteiger partial charge in [0.1, 0.15) is 5.75 Å². The molecule has 1 aliphatic carbocycles. The van der Waals surface area contributed by atoms with Gasteiger partial charge in [0.15, 0.2) is 0 Å². The zero-order valence-corrected chi connectivity index (χ0v) is 16.6. The lowest BCUT2D eigenvalue weighted by Gasteiger charge is -2.24. The summed E-state index contributed by atoms with van der Waals surface area (Å²) in [5, 5.41) is 0.335. The molecule has 7 heteroatoms. The molecule has 2 fully saturated rings. The fraction of sp³-hybridized carbons (Fsp3) is 0.600. The maximum atomic E-state index is 13.0. The number of amides is 2. The van der Waals surface area contributed by atoms with E-state index in [1.807, 2.05) is 4.90 Å². The molecule has 3 rings (SSSR count). The van der Waals surface area contributed by atoms with Crippen LogP contribution in [0.2, 0.25) is 5.02 Å². The smallest absolute Gasteiger partial charge is 0.257 e. The van der Waals surface area contributed by atoms with Gasteiger partial charge in [0, 0.05) is 38.7 Å². The summed E-state index contributed by atoms with van der Waals surface area (Å²) < 4.78 is 5.31. The van der Waals surface area contributed by atoms with E-state index >= 15 is 0 Å². The Morgan fingerprint density at radius 2 is 1.78 bits per heavy atom. The molecular formula is C20H28ClN3O3. The second-order valence-corrected chi connectivity index (χ2v) is 7.86. The van der Waals surface area contributed by atoms with Crippen LogP contribution < -0.4 is 10.5 Å². The quantitative estimate of drug-likeness (QED) is 0.797. The number of benzene rings is 1. The minimum absolute atomic E-state index is 0.140. The lowest BCUT2D eigenvalue weighted by molar-refractivity contribution is -0.132. The third-order valence-electron chi connectivity index (χ3n) is 5.62. The van der Waals surface area contributed by atoms with E-state index in [1.165, 1.54) is 32.8 Å². The van der Waals surface area contributed by atoms with Gasteiger partial charge < -0.3 is 20.3 Å². The topological polar surface area (TPSA) is 75.9 Å². The molecule has 27 heavy (non-hydrogen) atoms. The zero-order valence-electron chi connectivity index (χ0n) is 15.9. The van der Waals surface area contributed by atoms with Gasteiger partial charge in [-0.25, -0.2) is 0 Å². The molecule has 1 saturated carbocycles. The fourth-order valence-electron chi connectivity index (χ4n) is 4.04. The molecule has 1 saturated heterocycles. The highest BCUT2D eigenvalue weighted by atomic mass is 35.5. The fourth-order valence-corrected chi connectivity index (χ4v) is 4.20. The van der Waals surface area contributed by atoms with Gasteiger partial charge >= 0.3 is 0 Å². The summed E-state index contributed by atoms with van der Waals surface area (Å²) in [6.45, 7) is 2.40. The molecule has 2 N–H and O–H groups in total. The maximum Gasteiger partial charge on any atom is 0.257 e. The highest BCUT2D eigenvalue weighted by molar-refractivity contribution is 6.33. The summed E-state index contributed by atoms with van der Waals surface area (Å²) in [7, 11) is 1.51. The van der Waals surface area contributed by atoms with E-state index in [9.17, 15) is 9.59 Å². The molecule has 0 atom stereocenters. The van der Waals surface area contributed by atoms with Gasteiger partial charge in [0.05, 0.1) is 23.4 Å². The molecule has 6 nitrogen and oxygen atoms in total. The van der Waals surface area contributed by atoms with Crippen LogP contribution in [0.4, 0.5) is 5.69 Å². The molecule has 2 aliphatic rings. The van der Waals surface area contributed by atoms with Crippen molar-refractivity contribution in [1.29, 1.82) is 0 Å². The summed E-state index contributed by atoms with van der Waals surface area (Å²) in [6, 6.07) is 3.14. The number of carbonyl (C=O) groups excluding carboxylic acids is 2. The minimum atomic E-state index is -0.140. The van der Waals surface area contributed by atoms with E-state index in [0.717, 1.165) is 6.42 Å². The number of nitrogens with two attached hydrogens (primary N) is 1. The lowest BCUT2D eigenvalue weighted by Crippen LogP contribution is -2.37. The Hall–Kier alpha value is -1.95. The molecule has 0 spiro atoms. The van der Waals surface area contributed by atoms with E-state index in [4.69, 9.17) is 22.1 Å². The Balaban J connectivity index is 1.64. The van der Waals surface area contributed by atoms with Gasteiger partial charge in [-0.05, 0) is 31.2 Å². The Morgan fingerprint density at radius 1 is 1.11 bits per heavy atom. The first kappa shape index (κ1) is 19.8. The Morgan fingerprint density at radius 3 is 2.48 bits per heavy atom.